The summed E-state index contributed by atoms with van der Waals surface area (Å²) in [5, 5.41) is 9.49. The summed E-state index contributed by atoms with van der Waals surface area (Å²) in [5.74, 6) is -0.782. The lowest BCUT2D eigenvalue weighted by atomic mass is 9.64. The summed E-state index contributed by atoms with van der Waals surface area (Å²) in [5.41, 5.74) is 0.0496. The summed E-state index contributed by atoms with van der Waals surface area (Å²) in [7, 11) is 1.73. The van der Waals surface area contributed by atoms with Crippen molar-refractivity contribution in [1.82, 2.24) is 9.55 Å². The molecule has 0 bridgehead atoms. The second-order valence-corrected chi connectivity index (χ2v) is 6.04. The molecule has 1 aromatic rings. The van der Waals surface area contributed by atoms with Gasteiger partial charge in [0.1, 0.15) is 0 Å². The Morgan fingerprint density at radius 2 is 2.44 bits per heavy atom. The predicted molar refractivity (Wildman–Crippen MR) is 68.8 cm³/mol. The van der Waals surface area contributed by atoms with E-state index in [4.69, 9.17) is 9.84 Å². The zero-order valence-electron chi connectivity index (χ0n) is 10.8. The molecule has 5 nitrogen and oxygen atoms in total. The van der Waals surface area contributed by atoms with E-state index in [9.17, 15) is 4.79 Å². The summed E-state index contributed by atoms with van der Waals surface area (Å²) >= 11 is 1.26. The Morgan fingerprint density at radius 3 is 3.00 bits per heavy atom. The summed E-state index contributed by atoms with van der Waals surface area (Å²) in [6, 6.07) is 0.321. The molecule has 1 aliphatic carbocycles. The third-order valence-electron chi connectivity index (χ3n) is 3.70. The Hall–Kier alpha value is -1.01. The number of rotatable bonds is 5. The van der Waals surface area contributed by atoms with Crippen molar-refractivity contribution in [3.05, 3.63) is 12.4 Å². The van der Waals surface area contributed by atoms with Gasteiger partial charge in [0.05, 0.1) is 11.9 Å². The molecule has 0 radical (unpaired) electrons. The number of thioether (sulfide) groups is 1. The minimum atomic E-state index is -0.822. The molecular weight excluding hydrogens is 252 g/mol. The van der Waals surface area contributed by atoms with E-state index in [0.717, 1.165) is 11.6 Å². The molecule has 0 aliphatic heterocycles. The van der Waals surface area contributed by atoms with E-state index in [1.807, 2.05) is 6.20 Å². The normalized spacial score (nSPS) is 25.7. The smallest absolute Gasteiger partial charge is 0.313 e. The third kappa shape index (κ3) is 2.27. The SMILES string of the molecule is COC1CC(n2ccnc2SCC(=O)O)C1(C)C. The number of ether oxygens (including phenoxy) is 1. The Labute approximate surface area is 111 Å². The molecule has 2 rings (SSSR count). The molecular formula is C12H18N2O3S. The molecule has 1 aliphatic rings. The zero-order valence-corrected chi connectivity index (χ0v) is 11.6. The van der Waals surface area contributed by atoms with Gasteiger partial charge in [-0.2, -0.15) is 0 Å². The fraction of sp³-hybridized carbons (Fsp3) is 0.667. The van der Waals surface area contributed by atoms with E-state index in [1.54, 1.807) is 13.3 Å². The minimum Gasteiger partial charge on any atom is -0.481 e. The second kappa shape index (κ2) is 4.93. The van der Waals surface area contributed by atoms with Gasteiger partial charge in [0.15, 0.2) is 5.16 Å². The Bertz CT molecular complexity index is 444. The van der Waals surface area contributed by atoms with E-state index in [2.05, 4.69) is 23.4 Å². The molecule has 2 unspecified atom stereocenters. The monoisotopic (exact) mass is 270 g/mol. The van der Waals surface area contributed by atoms with Gasteiger partial charge in [-0.25, -0.2) is 4.98 Å². The average Bonchev–Trinajstić information content (AvgIpc) is 2.73. The van der Waals surface area contributed by atoms with Gasteiger partial charge in [-0.15, -0.1) is 0 Å². The standard InChI is InChI=1S/C12H18N2O3S/c1-12(2)8(6-9(12)17-3)14-5-4-13-11(14)18-7-10(15)16/h4-5,8-9H,6-7H2,1-3H3,(H,15,16). The van der Waals surface area contributed by atoms with Crippen molar-refractivity contribution < 1.29 is 14.6 Å². The van der Waals surface area contributed by atoms with Crippen LogP contribution in [-0.2, 0) is 9.53 Å². The highest BCUT2D eigenvalue weighted by molar-refractivity contribution is 7.99. The highest BCUT2D eigenvalue weighted by Crippen LogP contribution is 2.51. The van der Waals surface area contributed by atoms with Crippen LogP contribution < -0.4 is 0 Å². The molecule has 100 valence electrons. The van der Waals surface area contributed by atoms with Crippen LogP contribution in [0.1, 0.15) is 26.3 Å². The van der Waals surface area contributed by atoms with Crippen molar-refractivity contribution in [2.45, 2.75) is 37.6 Å². The third-order valence-corrected chi connectivity index (χ3v) is 4.67. The fourth-order valence-electron chi connectivity index (χ4n) is 2.51. The number of nitrogens with zero attached hydrogens (tertiary/aromatic N) is 2. The molecule has 1 heterocycles. The maximum absolute atomic E-state index is 10.6. The molecule has 1 fully saturated rings. The van der Waals surface area contributed by atoms with E-state index in [-0.39, 0.29) is 17.3 Å². The van der Waals surface area contributed by atoms with Crippen LogP contribution in [0.2, 0.25) is 0 Å². The topological polar surface area (TPSA) is 64.4 Å². The summed E-state index contributed by atoms with van der Waals surface area (Å²) in [6.07, 6.45) is 4.84. The number of aliphatic carboxylic acids is 1. The number of carboxylic acids is 1. The molecule has 18 heavy (non-hydrogen) atoms. The lowest BCUT2D eigenvalue weighted by Gasteiger charge is -2.51. The van der Waals surface area contributed by atoms with Crippen LogP contribution in [-0.4, -0.2) is 39.6 Å². The lowest BCUT2D eigenvalue weighted by Crippen LogP contribution is -2.51. The van der Waals surface area contributed by atoms with Gasteiger partial charge in [0.25, 0.3) is 0 Å². The van der Waals surface area contributed by atoms with Crippen molar-refractivity contribution in [1.29, 1.82) is 0 Å². The van der Waals surface area contributed by atoms with Crippen LogP contribution >= 0.6 is 11.8 Å². The van der Waals surface area contributed by atoms with Gasteiger partial charge >= 0.3 is 5.97 Å². The Kier molecular flexibility index (Phi) is 3.68. The first kappa shape index (κ1) is 13.4. The van der Waals surface area contributed by atoms with Gasteiger partial charge in [0, 0.05) is 31.0 Å². The van der Waals surface area contributed by atoms with Crippen LogP contribution in [0.15, 0.2) is 17.6 Å². The van der Waals surface area contributed by atoms with Gasteiger partial charge in [-0.05, 0) is 6.42 Å². The van der Waals surface area contributed by atoms with Gasteiger partial charge < -0.3 is 14.4 Å². The van der Waals surface area contributed by atoms with Crippen molar-refractivity contribution in [2.75, 3.05) is 12.9 Å². The maximum Gasteiger partial charge on any atom is 0.313 e. The number of methoxy groups -OCH3 is 1. The fourth-order valence-corrected chi connectivity index (χ4v) is 3.24. The second-order valence-electron chi connectivity index (χ2n) is 5.10. The molecule has 1 aromatic heterocycles. The van der Waals surface area contributed by atoms with Crippen LogP contribution in [0, 0.1) is 5.41 Å². The Morgan fingerprint density at radius 1 is 1.72 bits per heavy atom. The van der Waals surface area contributed by atoms with E-state index in [1.165, 1.54) is 11.8 Å². The Balaban J connectivity index is 2.11. The predicted octanol–water partition coefficient (Wildman–Crippen LogP) is 2.05. The number of carbonyl (C=O) groups is 1. The van der Waals surface area contributed by atoms with Gasteiger partial charge in [0.2, 0.25) is 0 Å². The van der Waals surface area contributed by atoms with Crippen molar-refractivity contribution in [2.24, 2.45) is 5.41 Å². The van der Waals surface area contributed by atoms with Crippen molar-refractivity contribution in [3.63, 3.8) is 0 Å². The highest BCUT2D eigenvalue weighted by Gasteiger charge is 2.50. The molecule has 2 atom stereocenters. The van der Waals surface area contributed by atoms with Crippen LogP contribution in [0.5, 0.6) is 0 Å². The lowest BCUT2D eigenvalue weighted by molar-refractivity contribution is -0.133. The van der Waals surface area contributed by atoms with Gasteiger partial charge in [-0.1, -0.05) is 25.6 Å². The number of hydrogen-bond acceptors (Lipinski definition) is 4. The number of hydrogen-bond donors (Lipinski definition) is 1. The highest BCUT2D eigenvalue weighted by atomic mass is 32.2. The number of carboxylic acid groups (broad SMARTS) is 1. The van der Waals surface area contributed by atoms with Crippen molar-refractivity contribution >= 4 is 17.7 Å². The first-order valence-corrected chi connectivity index (χ1v) is 6.85. The first-order chi connectivity index (χ1) is 8.46. The largest absolute Gasteiger partial charge is 0.481 e. The number of imidazole rings is 1. The summed E-state index contributed by atoms with van der Waals surface area (Å²) < 4.78 is 7.51. The molecule has 0 aromatic carbocycles. The molecule has 1 saturated carbocycles. The molecule has 6 heteroatoms. The quantitative estimate of drug-likeness (QED) is 0.830. The van der Waals surface area contributed by atoms with E-state index in [0.29, 0.717) is 6.04 Å². The molecule has 0 spiro atoms. The zero-order chi connectivity index (χ0) is 13.3. The van der Waals surface area contributed by atoms with Crippen LogP contribution in [0.25, 0.3) is 0 Å². The van der Waals surface area contributed by atoms with Gasteiger partial charge in [-0.3, -0.25) is 4.79 Å². The van der Waals surface area contributed by atoms with Crippen LogP contribution in [0.3, 0.4) is 0 Å². The average molecular weight is 270 g/mol. The molecule has 0 amide bonds. The van der Waals surface area contributed by atoms with E-state index >= 15 is 0 Å². The van der Waals surface area contributed by atoms with E-state index < -0.39 is 5.97 Å². The summed E-state index contributed by atoms with van der Waals surface area (Å²) in [6.45, 7) is 4.34. The molecule has 1 N–H and O–H groups in total. The number of aromatic nitrogens is 2. The molecule has 0 saturated heterocycles. The van der Waals surface area contributed by atoms with Crippen LogP contribution in [0.4, 0.5) is 0 Å². The summed E-state index contributed by atoms with van der Waals surface area (Å²) in [4.78, 5) is 14.8. The minimum absolute atomic E-state index is 0.0396. The first-order valence-electron chi connectivity index (χ1n) is 5.87. The maximum atomic E-state index is 10.6. The van der Waals surface area contributed by atoms with Crippen molar-refractivity contribution in [3.8, 4) is 0 Å².